The predicted octanol–water partition coefficient (Wildman–Crippen LogP) is 2.61. The van der Waals surface area contributed by atoms with Gasteiger partial charge in [-0.1, -0.05) is 6.08 Å². The summed E-state index contributed by atoms with van der Waals surface area (Å²) in [6.07, 6.45) is 3.94. The minimum absolute atomic E-state index is 0.0143. The Labute approximate surface area is 100 Å². The first-order valence-electron chi connectivity index (χ1n) is 5.34. The zero-order valence-electron chi connectivity index (χ0n) is 9.77. The van der Waals surface area contributed by atoms with Crippen molar-refractivity contribution in [3.8, 4) is 11.5 Å². The van der Waals surface area contributed by atoms with Crippen LogP contribution in [0.25, 0.3) is 0 Å². The van der Waals surface area contributed by atoms with Crippen molar-refractivity contribution in [2.45, 2.75) is 19.3 Å². The van der Waals surface area contributed by atoms with Crippen molar-refractivity contribution in [3.05, 3.63) is 35.9 Å². The van der Waals surface area contributed by atoms with Gasteiger partial charge in [-0.25, -0.2) is 4.79 Å². The van der Waals surface area contributed by atoms with E-state index in [1.54, 1.807) is 6.08 Å². The van der Waals surface area contributed by atoms with Crippen LogP contribution in [0.2, 0.25) is 0 Å². The van der Waals surface area contributed by atoms with Gasteiger partial charge in [0, 0.05) is 6.07 Å². The number of ether oxygens (including phenoxy) is 1. The third kappa shape index (κ3) is 3.24. The first-order valence-corrected chi connectivity index (χ1v) is 5.34. The van der Waals surface area contributed by atoms with Gasteiger partial charge >= 0.3 is 5.97 Å². The first-order chi connectivity index (χ1) is 8.10. The molecular weight excluding hydrogens is 220 g/mol. The molecule has 0 aliphatic heterocycles. The van der Waals surface area contributed by atoms with Crippen LogP contribution in [0.4, 0.5) is 0 Å². The number of phenolic OH excluding ortho intramolecular Hbond substituents is 1. The number of aromatic carboxylic acids is 1. The molecule has 0 aliphatic rings. The summed E-state index contributed by atoms with van der Waals surface area (Å²) in [7, 11) is 1.38. The smallest absolute Gasteiger partial charge is 0.339 e. The standard InChI is InChI=1S/C13H16O4/c1-3-4-5-6-9-7-10(14)8-11(17-2)12(9)13(15)16/h3,7-8,14H,1,4-6H2,2H3,(H,15,16). The summed E-state index contributed by atoms with van der Waals surface area (Å²) in [4.78, 5) is 11.2. The molecule has 0 bridgehead atoms. The maximum atomic E-state index is 11.2. The molecule has 2 N–H and O–H groups in total. The van der Waals surface area contributed by atoms with Gasteiger partial charge in [0.25, 0.3) is 0 Å². The Hall–Kier alpha value is -1.97. The van der Waals surface area contributed by atoms with Crippen LogP contribution in [0.15, 0.2) is 24.8 Å². The normalized spacial score (nSPS) is 9.94. The van der Waals surface area contributed by atoms with Gasteiger partial charge in [-0.15, -0.1) is 6.58 Å². The maximum absolute atomic E-state index is 11.2. The second kappa shape index (κ2) is 5.94. The number of unbranched alkanes of at least 4 members (excludes halogenated alkanes) is 1. The lowest BCUT2D eigenvalue weighted by Gasteiger charge is -2.11. The first kappa shape index (κ1) is 13.1. The van der Waals surface area contributed by atoms with E-state index in [1.807, 2.05) is 0 Å². The van der Waals surface area contributed by atoms with Gasteiger partial charge in [0.15, 0.2) is 0 Å². The predicted molar refractivity (Wildman–Crippen MR) is 64.8 cm³/mol. The molecule has 1 rings (SSSR count). The molecule has 0 unspecified atom stereocenters. The molecule has 0 saturated heterocycles. The Bertz CT molecular complexity index is 424. The average Bonchev–Trinajstić information content (AvgIpc) is 2.28. The monoisotopic (exact) mass is 236 g/mol. The number of carbonyl (C=O) groups is 1. The molecule has 0 fully saturated rings. The SMILES string of the molecule is C=CCCCc1cc(O)cc(OC)c1C(=O)O. The fraction of sp³-hybridized carbons (Fsp3) is 0.308. The van der Waals surface area contributed by atoms with Gasteiger partial charge in [0.05, 0.1) is 7.11 Å². The number of benzene rings is 1. The molecule has 0 aromatic heterocycles. The highest BCUT2D eigenvalue weighted by Crippen LogP contribution is 2.29. The molecule has 4 heteroatoms. The largest absolute Gasteiger partial charge is 0.508 e. The Morgan fingerprint density at radius 2 is 2.24 bits per heavy atom. The lowest BCUT2D eigenvalue weighted by atomic mass is 10.0. The number of methoxy groups -OCH3 is 1. The molecule has 1 aromatic carbocycles. The summed E-state index contributed by atoms with van der Waals surface area (Å²) in [5.41, 5.74) is 0.700. The van der Waals surface area contributed by atoms with E-state index in [0.29, 0.717) is 12.0 Å². The molecule has 0 amide bonds. The summed E-state index contributed by atoms with van der Waals surface area (Å²) >= 11 is 0. The van der Waals surface area contributed by atoms with Crippen molar-refractivity contribution in [3.63, 3.8) is 0 Å². The van der Waals surface area contributed by atoms with Crippen LogP contribution in [0.3, 0.4) is 0 Å². The van der Waals surface area contributed by atoms with E-state index in [-0.39, 0.29) is 17.1 Å². The average molecular weight is 236 g/mol. The highest BCUT2D eigenvalue weighted by Gasteiger charge is 2.17. The lowest BCUT2D eigenvalue weighted by molar-refractivity contribution is 0.0692. The molecular formula is C13H16O4. The fourth-order valence-corrected chi connectivity index (χ4v) is 1.69. The molecule has 4 nitrogen and oxygen atoms in total. The number of allylic oxidation sites excluding steroid dienone is 1. The number of hydrogen-bond donors (Lipinski definition) is 2. The second-order valence-electron chi connectivity index (χ2n) is 3.67. The van der Waals surface area contributed by atoms with E-state index in [4.69, 9.17) is 9.84 Å². The number of carboxylic acids is 1. The number of phenols is 1. The molecule has 0 saturated carbocycles. The number of rotatable bonds is 6. The summed E-state index contributed by atoms with van der Waals surface area (Å²) in [5, 5.41) is 18.6. The Morgan fingerprint density at radius 3 is 2.76 bits per heavy atom. The lowest BCUT2D eigenvalue weighted by Crippen LogP contribution is -2.05. The van der Waals surface area contributed by atoms with Crippen molar-refractivity contribution in [2.24, 2.45) is 0 Å². The molecule has 1 aromatic rings. The van der Waals surface area contributed by atoms with Gasteiger partial charge in [-0.05, 0) is 30.9 Å². The van der Waals surface area contributed by atoms with Crippen LogP contribution in [-0.4, -0.2) is 23.3 Å². The van der Waals surface area contributed by atoms with Gasteiger partial charge in [-0.3, -0.25) is 0 Å². The number of carboxylic acid groups (broad SMARTS) is 1. The van der Waals surface area contributed by atoms with Gasteiger partial charge < -0.3 is 14.9 Å². The molecule has 0 radical (unpaired) electrons. The highest BCUT2D eigenvalue weighted by molar-refractivity contribution is 5.93. The summed E-state index contributed by atoms with van der Waals surface area (Å²) in [6, 6.07) is 2.77. The molecule has 0 atom stereocenters. The van der Waals surface area contributed by atoms with Gasteiger partial charge in [0.2, 0.25) is 0 Å². The fourth-order valence-electron chi connectivity index (χ4n) is 1.69. The Kier molecular flexibility index (Phi) is 4.57. The molecule has 0 spiro atoms. The second-order valence-corrected chi connectivity index (χ2v) is 3.67. The number of aryl methyl sites for hydroxylation is 1. The van der Waals surface area contributed by atoms with E-state index < -0.39 is 5.97 Å². The topological polar surface area (TPSA) is 66.8 Å². The molecule has 0 heterocycles. The zero-order chi connectivity index (χ0) is 12.8. The summed E-state index contributed by atoms with van der Waals surface area (Å²) in [6.45, 7) is 3.61. The third-order valence-corrected chi connectivity index (χ3v) is 2.46. The zero-order valence-corrected chi connectivity index (χ0v) is 9.77. The van der Waals surface area contributed by atoms with Crippen molar-refractivity contribution < 1.29 is 19.7 Å². The minimum Gasteiger partial charge on any atom is -0.508 e. The maximum Gasteiger partial charge on any atom is 0.339 e. The van der Waals surface area contributed by atoms with Gasteiger partial charge in [-0.2, -0.15) is 0 Å². The molecule has 0 aliphatic carbocycles. The van der Waals surface area contributed by atoms with Crippen LogP contribution < -0.4 is 4.74 Å². The number of hydrogen-bond acceptors (Lipinski definition) is 3. The van der Waals surface area contributed by atoms with Crippen LogP contribution in [0.5, 0.6) is 11.5 Å². The van der Waals surface area contributed by atoms with Crippen molar-refractivity contribution in [1.29, 1.82) is 0 Å². The van der Waals surface area contributed by atoms with Crippen molar-refractivity contribution in [1.82, 2.24) is 0 Å². The summed E-state index contributed by atoms with van der Waals surface area (Å²) < 4.78 is 4.97. The Morgan fingerprint density at radius 1 is 1.53 bits per heavy atom. The minimum atomic E-state index is -1.05. The number of aromatic hydroxyl groups is 1. The highest BCUT2D eigenvalue weighted by atomic mass is 16.5. The van der Waals surface area contributed by atoms with Crippen LogP contribution in [0.1, 0.15) is 28.8 Å². The van der Waals surface area contributed by atoms with E-state index in [2.05, 4.69) is 6.58 Å². The van der Waals surface area contributed by atoms with Crippen molar-refractivity contribution >= 4 is 5.97 Å². The summed E-state index contributed by atoms with van der Waals surface area (Å²) in [5.74, 6) is -0.845. The third-order valence-electron chi connectivity index (χ3n) is 2.46. The van der Waals surface area contributed by atoms with E-state index >= 15 is 0 Å². The van der Waals surface area contributed by atoms with E-state index in [9.17, 15) is 9.90 Å². The molecule has 92 valence electrons. The van der Waals surface area contributed by atoms with Crippen LogP contribution in [0, 0.1) is 0 Å². The molecule has 17 heavy (non-hydrogen) atoms. The van der Waals surface area contributed by atoms with E-state index in [0.717, 1.165) is 12.8 Å². The quantitative estimate of drug-likeness (QED) is 0.588. The van der Waals surface area contributed by atoms with E-state index in [1.165, 1.54) is 19.2 Å². The van der Waals surface area contributed by atoms with Gasteiger partial charge in [0.1, 0.15) is 17.1 Å². The van der Waals surface area contributed by atoms with Crippen LogP contribution >= 0.6 is 0 Å². The Balaban J connectivity index is 3.11. The van der Waals surface area contributed by atoms with Crippen LogP contribution in [-0.2, 0) is 6.42 Å². The van der Waals surface area contributed by atoms with Crippen molar-refractivity contribution in [2.75, 3.05) is 7.11 Å².